The monoisotopic (exact) mass is 500 g/mol. The molecule has 6 heteroatoms. The summed E-state index contributed by atoms with van der Waals surface area (Å²) in [6.07, 6.45) is 0.911. The molecule has 2 heterocycles. The largest absolute Gasteiger partial charge is 0.436 e. The van der Waals surface area contributed by atoms with Gasteiger partial charge in [-0.1, -0.05) is 67.6 Å². The lowest BCUT2D eigenvalue weighted by Gasteiger charge is -2.13. The van der Waals surface area contributed by atoms with Crippen molar-refractivity contribution in [2.45, 2.75) is 20.3 Å². The van der Waals surface area contributed by atoms with Crippen molar-refractivity contribution in [2.24, 2.45) is 0 Å². The lowest BCUT2D eigenvalue weighted by Crippen LogP contribution is -2.17. The molecule has 0 spiro atoms. The maximum Gasteiger partial charge on any atom is 0.344 e. The molecule has 0 bridgehead atoms. The first-order chi connectivity index (χ1) is 18.5. The number of amides is 1. The van der Waals surface area contributed by atoms with Gasteiger partial charge in [0.05, 0.1) is 5.39 Å². The summed E-state index contributed by atoms with van der Waals surface area (Å²) in [7, 11) is 0. The average molecular weight is 501 g/mol. The van der Waals surface area contributed by atoms with Crippen molar-refractivity contribution in [3.8, 4) is 22.6 Å². The van der Waals surface area contributed by atoms with Gasteiger partial charge >= 0.3 is 5.63 Å². The molecule has 6 rings (SSSR count). The highest BCUT2D eigenvalue weighted by Gasteiger charge is 2.22. The average Bonchev–Trinajstić information content (AvgIpc) is 3.38. The number of rotatable bonds is 5. The molecular weight excluding hydrogens is 476 g/mol. The molecule has 0 aliphatic rings. The van der Waals surface area contributed by atoms with Crippen molar-refractivity contribution in [2.75, 3.05) is 5.32 Å². The maximum atomic E-state index is 13.6. The van der Waals surface area contributed by atoms with Gasteiger partial charge in [-0.2, -0.15) is 0 Å². The van der Waals surface area contributed by atoms with Crippen molar-refractivity contribution >= 4 is 33.5 Å². The molecule has 0 saturated heterocycles. The molecule has 186 valence electrons. The minimum Gasteiger partial charge on any atom is -0.436 e. The number of hydrogen-bond acceptors (Lipinski definition) is 5. The number of benzene rings is 4. The van der Waals surface area contributed by atoms with Crippen molar-refractivity contribution < 1.29 is 13.6 Å². The second-order valence-corrected chi connectivity index (χ2v) is 9.16. The van der Waals surface area contributed by atoms with Crippen LogP contribution in [0.3, 0.4) is 0 Å². The fourth-order valence-electron chi connectivity index (χ4n) is 4.64. The van der Waals surface area contributed by atoms with Crippen LogP contribution in [0.4, 0.5) is 5.69 Å². The van der Waals surface area contributed by atoms with E-state index in [2.05, 4.69) is 17.2 Å². The molecule has 2 aromatic heterocycles. The van der Waals surface area contributed by atoms with Crippen LogP contribution >= 0.6 is 0 Å². The Morgan fingerprint density at radius 1 is 0.842 bits per heavy atom. The second kappa shape index (κ2) is 9.48. The quantitative estimate of drug-likeness (QED) is 0.267. The molecule has 1 N–H and O–H groups in total. The van der Waals surface area contributed by atoms with Crippen LogP contribution in [0.2, 0.25) is 0 Å². The molecule has 0 radical (unpaired) electrons. The van der Waals surface area contributed by atoms with E-state index in [-0.39, 0.29) is 5.76 Å². The highest BCUT2D eigenvalue weighted by molar-refractivity contribution is 6.12. The third-order valence-corrected chi connectivity index (χ3v) is 6.70. The van der Waals surface area contributed by atoms with Crippen LogP contribution in [0, 0.1) is 6.92 Å². The van der Waals surface area contributed by atoms with Crippen molar-refractivity contribution in [1.82, 2.24) is 4.98 Å². The first-order valence-corrected chi connectivity index (χ1v) is 12.4. The van der Waals surface area contributed by atoms with Gasteiger partial charge in [-0.25, -0.2) is 9.78 Å². The molecule has 0 aliphatic carbocycles. The molecule has 6 nitrogen and oxygen atoms in total. The number of oxazole rings is 1. The fourth-order valence-corrected chi connectivity index (χ4v) is 4.64. The second-order valence-electron chi connectivity index (χ2n) is 9.16. The van der Waals surface area contributed by atoms with E-state index in [1.807, 2.05) is 85.8 Å². The van der Waals surface area contributed by atoms with Crippen LogP contribution in [-0.4, -0.2) is 10.9 Å². The molecule has 0 fully saturated rings. The Bertz CT molecular complexity index is 1880. The van der Waals surface area contributed by atoms with Gasteiger partial charge in [0, 0.05) is 22.2 Å². The number of hydrogen-bond donors (Lipinski definition) is 1. The van der Waals surface area contributed by atoms with Gasteiger partial charge < -0.3 is 14.2 Å². The van der Waals surface area contributed by atoms with Crippen molar-refractivity contribution in [3.05, 3.63) is 118 Å². The minimum absolute atomic E-state index is 0.0429. The van der Waals surface area contributed by atoms with E-state index in [0.717, 1.165) is 28.6 Å². The van der Waals surface area contributed by atoms with Crippen LogP contribution < -0.4 is 10.9 Å². The van der Waals surface area contributed by atoms with Crippen molar-refractivity contribution in [3.63, 3.8) is 0 Å². The Labute approximate surface area is 218 Å². The van der Waals surface area contributed by atoms with Gasteiger partial charge in [-0.3, -0.25) is 4.79 Å². The highest BCUT2D eigenvalue weighted by atomic mass is 16.4. The summed E-state index contributed by atoms with van der Waals surface area (Å²) in [5, 5.41) is 4.03. The molecule has 1 amide bonds. The summed E-state index contributed by atoms with van der Waals surface area (Å²) in [4.78, 5) is 31.1. The Kier molecular flexibility index (Phi) is 5.85. The molecule has 38 heavy (non-hydrogen) atoms. The zero-order valence-corrected chi connectivity index (χ0v) is 20.9. The number of aromatic nitrogens is 1. The normalized spacial score (nSPS) is 11.2. The fraction of sp³-hybridized carbons (Fsp3) is 0.0938. The number of nitrogens with one attached hydrogen (secondary N) is 1. The van der Waals surface area contributed by atoms with Crippen LogP contribution in [0.1, 0.15) is 28.6 Å². The SMILES string of the molecule is CCc1ccc2oc(-c3ccc(C)c(NC(=O)c4oc(=O)c5ccccc5c4-c4ccccc4)c3)nc2c1. The molecule has 0 atom stereocenters. The summed E-state index contributed by atoms with van der Waals surface area (Å²) in [6.45, 7) is 3.99. The zero-order valence-electron chi connectivity index (χ0n) is 20.9. The van der Waals surface area contributed by atoms with Gasteiger partial charge in [-0.15, -0.1) is 0 Å². The third-order valence-electron chi connectivity index (χ3n) is 6.70. The Morgan fingerprint density at radius 3 is 2.39 bits per heavy atom. The van der Waals surface area contributed by atoms with Crippen LogP contribution in [0.5, 0.6) is 0 Å². The van der Waals surface area contributed by atoms with Gasteiger partial charge in [0.25, 0.3) is 5.91 Å². The standard InChI is InChI=1S/C32H24N2O4/c1-3-20-14-16-27-26(17-20)34-31(37-27)22-15-13-19(2)25(18-22)33-30(35)29-28(21-9-5-4-6-10-21)23-11-7-8-12-24(23)32(36)38-29/h4-18H,3H2,1-2H3,(H,33,35). The number of anilines is 1. The van der Waals surface area contributed by atoms with Gasteiger partial charge in [0.15, 0.2) is 5.58 Å². The number of aryl methyl sites for hydroxylation is 2. The number of fused-ring (bicyclic) bond motifs is 2. The Balaban J connectivity index is 1.42. The third kappa shape index (κ3) is 4.16. The maximum absolute atomic E-state index is 13.6. The van der Waals surface area contributed by atoms with E-state index in [1.54, 1.807) is 12.1 Å². The number of nitrogens with zero attached hydrogens (tertiary/aromatic N) is 1. The molecule has 0 saturated carbocycles. The van der Waals surface area contributed by atoms with E-state index >= 15 is 0 Å². The summed E-state index contributed by atoms with van der Waals surface area (Å²) in [6, 6.07) is 28.2. The predicted molar refractivity (Wildman–Crippen MR) is 149 cm³/mol. The van der Waals surface area contributed by atoms with E-state index < -0.39 is 11.5 Å². The molecule has 4 aromatic carbocycles. The Morgan fingerprint density at radius 2 is 1.61 bits per heavy atom. The summed E-state index contributed by atoms with van der Waals surface area (Å²) in [5.41, 5.74) is 5.59. The van der Waals surface area contributed by atoms with Gasteiger partial charge in [0.1, 0.15) is 5.52 Å². The predicted octanol–water partition coefficient (Wildman–Crippen LogP) is 7.39. The first-order valence-electron chi connectivity index (χ1n) is 12.4. The van der Waals surface area contributed by atoms with Crippen LogP contribution in [-0.2, 0) is 6.42 Å². The zero-order chi connectivity index (χ0) is 26.2. The molecule has 6 aromatic rings. The van der Waals surface area contributed by atoms with E-state index in [0.29, 0.717) is 33.5 Å². The summed E-state index contributed by atoms with van der Waals surface area (Å²) >= 11 is 0. The number of carbonyl (C=O) groups excluding carboxylic acids is 1. The van der Waals surface area contributed by atoms with Crippen LogP contribution in [0.15, 0.2) is 105 Å². The van der Waals surface area contributed by atoms with Gasteiger partial charge in [0.2, 0.25) is 11.7 Å². The Hall–Kier alpha value is -4.97. The molecular formula is C32H24N2O4. The first kappa shape index (κ1) is 23.4. The smallest absolute Gasteiger partial charge is 0.344 e. The lowest BCUT2D eigenvalue weighted by atomic mass is 9.98. The van der Waals surface area contributed by atoms with E-state index in [4.69, 9.17) is 8.83 Å². The van der Waals surface area contributed by atoms with Crippen LogP contribution in [0.25, 0.3) is 44.5 Å². The molecule has 0 aliphatic heterocycles. The number of carbonyl (C=O) groups is 1. The van der Waals surface area contributed by atoms with E-state index in [9.17, 15) is 9.59 Å². The summed E-state index contributed by atoms with van der Waals surface area (Å²) in [5.74, 6) is -0.0956. The highest BCUT2D eigenvalue weighted by Crippen LogP contribution is 2.32. The minimum atomic E-state index is -0.561. The molecule has 0 unspecified atom stereocenters. The van der Waals surface area contributed by atoms with Crippen molar-refractivity contribution in [1.29, 1.82) is 0 Å². The lowest BCUT2D eigenvalue weighted by molar-refractivity contribution is 0.0994. The van der Waals surface area contributed by atoms with Gasteiger partial charge in [-0.05, 0) is 60.4 Å². The van der Waals surface area contributed by atoms with E-state index in [1.165, 1.54) is 5.56 Å². The summed E-state index contributed by atoms with van der Waals surface area (Å²) < 4.78 is 11.6. The topological polar surface area (TPSA) is 85.3 Å².